The second kappa shape index (κ2) is 11.0. The molecular weight excluding hydrogens is 601 g/mol. The Morgan fingerprint density at radius 3 is 2.00 bits per heavy atom. The molecule has 230 valence electrons. The number of hydrogen-bond donors (Lipinski definition) is 0. The van der Waals surface area contributed by atoms with Crippen molar-refractivity contribution < 1.29 is 8.83 Å². The SMILES string of the molecule is c1ccc(-c2ccc(N(c3cccc(-c4ccc5c(ccc6c7ccncc7oc56)c4)c3)c3ccc4oc5ccccc5c4c3)cc2)cc1. The second-order valence-corrected chi connectivity index (χ2v) is 12.4. The van der Waals surface area contributed by atoms with E-state index in [9.17, 15) is 0 Å². The van der Waals surface area contributed by atoms with Gasteiger partial charge in [-0.3, -0.25) is 4.98 Å². The molecule has 0 saturated carbocycles. The Kier molecular flexibility index (Phi) is 6.15. The molecule has 10 rings (SSSR count). The number of pyridine rings is 1. The Hall–Kier alpha value is -6.65. The minimum atomic E-state index is 0.806. The number of nitrogens with zero attached hydrogens (tertiary/aromatic N) is 2. The van der Waals surface area contributed by atoms with Gasteiger partial charge in [-0.1, -0.05) is 84.9 Å². The van der Waals surface area contributed by atoms with Crippen molar-refractivity contribution >= 4 is 71.7 Å². The lowest BCUT2D eigenvalue weighted by Gasteiger charge is -2.26. The van der Waals surface area contributed by atoms with Gasteiger partial charge in [0.05, 0.1) is 6.20 Å². The highest BCUT2D eigenvalue weighted by Gasteiger charge is 2.17. The fraction of sp³-hybridized carbons (Fsp3) is 0. The Bertz CT molecular complexity index is 2830. The molecule has 7 aromatic carbocycles. The van der Waals surface area contributed by atoms with Crippen molar-refractivity contribution in [2.45, 2.75) is 0 Å². The van der Waals surface area contributed by atoms with E-state index in [1.165, 1.54) is 11.1 Å². The Morgan fingerprint density at radius 2 is 1.08 bits per heavy atom. The summed E-state index contributed by atoms with van der Waals surface area (Å²) in [6.45, 7) is 0. The molecule has 0 bridgehead atoms. The highest BCUT2D eigenvalue weighted by atomic mass is 16.3. The quantitative estimate of drug-likeness (QED) is 0.190. The first-order valence-corrected chi connectivity index (χ1v) is 16.4. The summed E-state index contributed by atoms with van der Waals surface area (Å²) in [6, 6.07) is 55.7. The molecule has 0 radical (unpaired) electrons. The molecule has 0 N–H and O–H groups in total. The van der Waals surface area contributed by atoms with Gasteiger partial charge in [0, 0.05) is 50.2 Å². The van der Waals surface area contributed by atoms with Crippen molar-refractivity contribution in [3.63, 3.8) is 0 Å². The third-order valence-corrected chi connectivity index (χ3v) is 9.55. The van der Waals surface area contributed by atoms with Crippen molar-refractivity contribution in [3.8, 4) is 22.3 Å². The predicted octanol–water partition coefficient (Wildman–Crippen LogP) is 12.8. The summed E-state index contributed by atoms with van der Waals surface area (Å²) in [5.41, 5.74) is 11.3. The van der Waals surface area contributed by atoms with Gasteiger partial charge in [0.15, 0.2) is 5.58 Å². The maximum absolute atomic E-state index is 6.27. The van der Waals surface area contributed by atoms with E-state index in [1.54, 1.807) is 6.20 Å². The molecule has 0 saturated heterocycles. The van der Waals surface area contributed by atoms with Crippen molar-refractivity contribution in [1.82, 2.24) is 4.98 Å². The predicted molar refractivity (Wildman–Crippen MR) is 202 cm³/mol. The topological polar surface area (TPSA) is 42.4 Å². The molecule has 0 aliphatic heterocycles. The number of hydrogen-bond acceptors (Lipinski definition) is 4. The van der Waals surface area contributed by atoms with E-state index in [2.05, 4.69) is 149 Å². The fourth-order valence-corrected chi connectivity index (χ4v) is 7.16. The van der Waals surface area contributed by atoms with E-state index in [0.717, 1.165) is 82.8 Å². The lowest BCUT2D eigenvalue weighted by atomic mass is 9.99. The highest BCUT2D eigenvalue weighted by molar-refractivity contribution is 6.15. The van der Waals surface area contributed by atoms with Gasteiger partial charge in [0.2, 0.25) is 0 Å². The van der Waals surface area contributed by atoms with Crippen molar-refractivity contribution in [3.05, 3.63) is 170 Å². The maximum Gasteiger partial charge on any atom is 0.153 e. The van der Waals surface area contributed by atoms with Gasteiger partial charge in [0.25, 0.3) is 0 Å². The number of aromatic nitrogens is 1. The molecular formula is C45H28N2O2. The van der Waals surface area contributed by atoms with Gasteiger partial charge >= 0.3 is 0 Å². The normalized spacial score (nSPS) is 11.7. The van der Waals surface area contributed by atoms with Crippen LogP contribution in [0.1, 0.15) is 0 Å². The number of anilines is 3. The Balaban J connectivity index is 1.10. The van der Waals surface area contributed by atoms with Crippen LogP contribution in [0.4, 0.5) is 17.1 Å². The molecule has 49 heavy (non-hydrogen) atoms. The zero-order chi connectivity index (χ0) is 32.3. The summed E-state index contributed by atoms with van der Waals surface area (Å²) in [5, 5.41) is 6.62. The molecule has 0 amide bonds. The largest absolute Gasteiger partial charge is 0.456 e. The molecule has 0 aliphatic carbocycles. The van der Waals surface area contributed by atoms with Gasteiger partial charge in [-0.15, -0.1) is 0 Å². The van der Waals surface area contributed by atoms with Crippen LogP contribution < -0.4 is 4.90 Å². The van der Waals surface area contributed by atoms with E-state index >= 15 is 0 Å². The zero-order valence-corrected chi connectivity index (χ0v) is 26.4. The summed E-state index contributed by atoms with van der Waals surface area (Å²) in [5.74, 6) is 0. The minimum absolute atomic E-state index is 0.806. The Labute approximate surface area is 282 Å². The first kappa shape index (κ1) is 27.5. The van der Waals surface area contributed by atoms with Crippen LogP contribution >= 0.6 is 0 Å². The summed E-state index contributed by atoms with van der Waals surface area (Å²) < 4.78 is 12.5. The number of furan rings is 2. The summed E-state index contributed by atoms with van der Waals surface area (Å²) in [7, 11) is 0. The van der Waals surface area contributed by atoms with Crippen LogP contribution in [0.2, 0.25) is 0 Å². The van der Waals surface area contributed by atoms with Crippen LogP contribution in [0.15, 0.2) is 179 Å². The van der Waals surface area contributed by atoms with E-state index in [0.29, 0.717) is 0 Å². The number of rotatable bonds is 5. The van der Waals surface area contributed by atoms with Crippen LogP contribution in [-0.4, -0.2) is 4.98 Å². The van der Waals surface area contributed by atoms with Crippen LogP contribution in [0.5, 0.6) is 0 Å². The van der Waals surface area contributed by atoms with Crippen LogP contribution in [0.25, 0.3) is 76.9 Å². The Morgan fingerprint density at radius 1 is 0.388 bits per heavy atom. The van der Waals surface area contributed by atoms with E-state index < -0.39 is 0 Å². The molecule has 0 unspecified atom stereocenters. The highest BCUT2D eigenvalue weighted by Crippen LogP contribution is 2.41. The molecule has 3 heterocycles. The standard InChI is InChI=1S/C45H28N2O2/c1-2-7-29(8-3-1)30-13-17-34(18-14-30)47(36-19-22-43-41(27-36)38-11-4-5-12-42(38)48-43)35-10-6-9-31(26-35)32-15-20-37-33(25-32)16-21-40-39-23-24-46-28-44(39)49-45(37)40/h1-28H. The average molecular weight is 629 g/mol. The third-order valence-electron chi connectivity index (χ3n) is 9.55. The summed E-state index contributed by atoms with van der Waals surface area (Å²) >= 11 is 0. The molecule has 0 spiro atoms. The second-order valence-electron chi connectivity index (χ2n) is 12.4. The van der Waals surface area contributed by atoms with Crippen LogP contribution in [-0.2, 0) is 0 Å². The molecule has 10 aromatic rings. The van der Waals surface area contributed by atoms with Crippen LogP contribution in [0, 0.1) is 0 Å². The van der Waals surface area contributed by atoms with Gasteiger partial charge < -0.3 is 13.7 Å². The minimum Gasteiger partial charge on any atom is -0.456 e. The maximum atomic E-state index is 6.27. The smallest absolute Gasteiger partial charge is 0.153 e. The monoisotopic (exact) mass is 628 g/mol. The first-order chi connectivity index (χ1) is 24.3. The van der Waals surface area contributed by atoms with Gasteiger partial charge in [-0.05, 0) is 100 Å². The molecule has 0 fully saturated rings. The van der Waals surface area contributed by atoms with E-state index in [1.807, 2.05) is 24.4 Å². The van der Waals surface area contributed by atoms with E-state index in [4.69, 9.17) is 8.83 Å². The van der Waals surface area contributed by atoms with E-state index in [-0.39, 0.29) is 0 Å². The number of para-hydroxylation sites is 1. The van der Waals surface area contributed by atoms with Gasteiger partial charge in [0.1, 0.15) is 16.7 Å². The molecule has 3 aromatic heterocycles. The van der Waals surface area contributed by atoms with Crippen molar-refractivity contribution in [2.75, 3.05) is 4.90 Å². The zero-order valence-electron chi connectivity index (χ0n) is 26.4. The molecule has 4 heteroatoms. The average Bonchev–Trinajstić information content (AvgIpc) is 3.74. The summed E-state index contributed by atoms with van der Waals surface area (Å²) in [4.78, 5) is 6.58. The lowest BCUT2D eigenvalue weighted by Crippen LogP contribution is -2.10. The molecule has 0 aliphatic rings. The van der Waals surface area contributed by atoms with Crippen molar-refractivity contribution in [1.29, 1.82) is 0 Å². The lowest BCUT2D eigenvalue weighted by molar-refractivity contribution is 0.669. The number of fused-ring (bicyclic) bond motifs is 8. The van der Waals surface area contributed by atoms with Crippen molar-refractivity contribution in [2.24, 2.45) is 0 Å². The summed E-state index contributed by atoms with van der Waals surface area (Å²) in [6.07, 6.45) is 3.60. The molecule has 0 atom stereocenters. The molecule has 4 nitrogen and oxygen atoms in total. The third kappa shape index (κ3) is 4.57. The number of benzene rings is 7. The fourth-order valence-electron chi connectivity index (χ4n) is 7.16. The van der Waals surface area contributed by atoms with Gasteiger partial charge in [-0.2, -0.15) is 0 Å². The first-order valence-electron chi connectivity index (χ1n) is 16.4. The van der Waals surface area contributed by atoms with Crippen LogP contribution in [0.3, 0.4) is 0 Å². The van der Waals surface area contributed by atoms with Gasteiger partial charge in [-0.25, -0.2) is 0 Å².